The van der Waals surface area contributed by atoms with E-state index >= 15 is 0 Å². The molecule has 0 saturated carbocycles. The number of carbonyl (C=O) groups is 1. The van der Waals surface area contributed by atoms with Crippen molar-refractivity contribution in [2.45, 2.75) is 20.0 Å². The Morgan fingerprint density at radius 2 is 2.00 bits per heavy atom. The number of ketones is 1. The Bertz CT molecular complexity index is 483. The van der Waals surface area contributed by atoms with Gasteiger partial charge in [0.2, 0.25) is 0 Å². The zero-order chi connectivity index (χ0) is 14.7. The van der Waals surface area contributed by atoms with Crippen LogP contribution in [0.2, 0.25) is 0 Å². The zero-order valence-electron chi connectivity index (χ0n) is 12.0. The first-order chi connectivity index (χ1) is 9.49. The minimum absolute atomic E-state index is 0.177. The Morgan fingerprint density at radius 1 is 1.35 bits per heavy atom. The molecule has 1 N–H and O–H groups in total. The van der Waals surface area contributed by atoms with Gasteiger partial charge < -0.3 is 10.0 Å². The Hall–Kier alpha value is -1.46. The summed E-state index contributed by atoms with van der Waals surface area (Å²) in [6.45, 7) is 6.89. The second-order valence-electron chi connectivity index (χ2n) is 5.33. The molecule has 1 aromatic rings. The first-order valence-electron chi connectivity index (χ1n) is 6.94. The fourth-order valence-corrected chi connectivity index (χ4v) is 2.67. The van der Waals surface area contributed by atoms with Crippen molar-refractivity contribution in [3.8, 4) is 0 Å². The van der Waals surface area contributed by atoms with Crippen LogP contribution in [0.4, 0.5) is 10.1 Å². The normalized spacial score (nSPS) is 18.1. The molecular weight excluding hydrogens is 259 g/mol. The number of nitrogens with zero attached hydrogens (tertiary/aromatic N) is 2. The van der Waals surface area contributed by atoms with Crippen molar-refractivity contribution < 1.29 is 14.3 Å². The summed E-state index contributed by atoms with van der Waals surface area (Å²) in [6, 6.07) is 4.76. The molecule has 1 heterocycles. The molecule has 4 nitrogen and oxygen atoms in total. The first kappa shape index (κ1) is 14.9. The number of aliphatic hydroxyl groups is 1. The molecule has 0 unspecified atom stereocenters. The molecule has 0 aliphatic carbocycles. The molecule has 0 bridgehead atoms. The van der Waals surface area contributed by atoms with Gasteiger partial charge in [0.25, 0.3) is 0 Å². The highest BCUT2D eigenvalue weighted by molar-refractivity contribution is 6.00. The van der Waals surface area contributed by atoms with Crippen molar-refractivity contribution in [1.82, 2.24) is 4.90 Å². The van der Waals surface area contributed by atoms with Crippen LogP contribution in [0.5, 0.6) is 0 Å². The van der Waals surface area contributed by atoms with Crippen molar-refractivity contribution in [3.63, 3.8) is 0 Å². The summed E-state index contributed by atoms with van der Waals surface area (Å²) in [6.07, 6.45) is -0.344. The molecule has 1 saturated heterocycles. The van der Waals surface area contributed by atoms with Gasteiger partial charge in [0, 0.05) is 32.7 Å². The molecule has 1 atom stereocenters. The van der Waals surface area contributed by atoms with E-state index < -0.39 is 5.82 Å². The maximum Gasteiger partial charge on any atom is 0.164 e. The van der Waals surface area contributed by atoms with Crippen LogP contribution in [-0.2, 0) is 0 Å². The van der Waals surface area contributed by atoms with Crippen LogP contribution < -0.4 is 4.90 Å². The van der Waals surface area contributed by atoms with Gasteiger partial charge in [-0.1, -0.05) is 6.07 Å². The summed E-state index contributed by atoms with van der Waals surface area (Å²) >= 11 is 0. The lowest BCUT2D eigenvalue weighted by molar-refractivity contribution is 0.101. The summed E-state index contributed by atoms with van der Waals surface area (Å²) in [7, 11) is 0. The lowest BCUT2D eigenvalue weighted by Gasteiger charge is -2.37. The number of carbonyl (C=O) groups excluding carboxylic acids is 1. The van der Waals surface area contributed by atoms with Gasteiger partial charge in [-0.25, -0.2) is 4.39 Å². The second kappa shape index (κ2) is 6.33. The number of halogens is 1. The number of hydrogen-bond donors (Lipinski definition) is 1. The Kier molecular flexibility index (Phi) is 4.73. The minimum Gasteiger partial charge on any atom is -0.392 e. The lowest BCUT2D eigenvalue weighted by Crippen LogP contribution is -2.48. The van der Waals surface area contributed by atoms with Crippen molar-refractivity contribution >= 4 is 11.5 Å². The van der Waals surface area contributed by atoms with E-state index in [1.807, 2.05) is 4.90 Å². The van der Waals surface area contributed by atoms with Crippen molar-refractivity contribution in [3.05, 3.63) is 29.6 Å². The average molecular weight is 280 g/mol. The van der Waals surface area contributed by atoms with Crippen molar-refractivity contribution in [2.75, 3.05) is 37.6 Å². The summed E-state index contributed by atoms with van der Waals surface area (Å²) in [5, 5.41) is 9.39. The molecule has 0 radical (unpaired) electrons. The number of hydrogen-bond acceptors (Lipinski definition) is 4. The summed E-state index contributed by atoms with van der Waals surface area (Å²) in [5.74, 6) is -0.703. The topological polar surface area (TPSA) is 43.8 Å². The summed E-state index contributed by atoms with van der Waals surface area (Å²) in [5.41, 5.74) is 0.852. The van der Waals surface area contributed by atoms with Gasteiger partial charge in [-0.15, -0.1) is 0 Å². The largest absolute Gasteiger partial charge is 0.392 e. The molecule has 1 aliphatic heterocycles. The molecule has 1 aromatic carbocycles. The fourth-order valence-electron chi connectivity index (χ4n) is 2.67. The zero-order valence-corrected chi connectivity index (χ0v) is 12.0. The van der Waals surface area contributed by atoms with E-state index in [2.05, 4.69) is 4.90 Å². The van der Waals surface area contributed by atoms with Gasteiger partial charge in [0.1, 0.15) is 5.82 Å². The van der Waals surface area contributed by atoms with Crippen molar-refractivity contribution in [1.29, 1.82) is 0 Å². The third kappa shape index (κ3) is 3.35. The van der Waals surface area contributed by atoms with E-state index in [1.165, 1.54) is 13.0 Å². The molecule has 1 aliphatic rings. The molecule has 20 heavy (non-hydrogen) atoms. The minimum atomic E-state index is -0.457. The van der Waals surface area contributed by atoms with Gasteiger partial charge in [-0.2, -0.15) is 0 Å². The monoisotopic (exact) mass is 280 g/mol. The highest BCUT2D eigenvalue weighted by Gasteiger charge is 2.22. The summed E-state index contributed by atoms with van der Waals surface area (Å²) < 4.78 is 13.8. The van der Waals surface area contributed by atoms with E-state index in [0.29, 0.717) is 12.2 Å². The predicted octanol–water partition coefficient (Wildman–Crippen LogP) is 1.53. The number of rotatable bonds is 4. The number of aliphatic hydroxyl groups excluding tert-OH is 1. The highest BCUT2D eigenvalue weighted by atomic mass is 19.1. The van der Waals surface area contributed by atoms with Crippen LogP contribution in [0.3, 0.4) is 0 Å². The third-order valence-electron chi connectivity index (χ3n) is 3.58. The standard InChI is InChI=1S/C15H21FN2O2/c1-11(19)10-17-6-8-18(9-7-17)14-5-3-4-13(16)15(14)12(2)20/h3-5,11,19H,6-10H2,1-2H3/t11-/m1/s1. The number of piperazine rings is 1. The Balaban J connectivity index is 2.11. The molecule has 0 spiro atoms. The Labute approximate surface area is 118 Å². The smallest absolute Gasteiger partial charge is 0.164 e. The fraction of sp³-hybridized carbons (Fsp3) is 0.533. The number of benzene rings is 1. The molecule has 1 fully saturated rings. The van der Waals surface area contributed by atoms with E-state index in [1.54, 1.807) is 19.1 Å². The quantitative estimate of drug-likeness (QED) is 0.850. The van der Waals surface area contributed by atoms with E-state index in [0.717, 1.165) is 26.2 Å². The van der Waals surface area contributed by atoms with E-state index in [9.17, 15) is 14.3 Å². The molecule has 0 amide bonds. The molecule has 5 heteroatoms. The third-order valence-corrected chi connectivity index (χ3v) is 3.58. The maximum atomic E-state index is 13.8. The van der Waals surface area contributed by atoms with Crippen molar-refractivity contribution in [2.24, 2.45) is 0 Å². The van der Waals surface area contributed by atoms with Crippen LogP contribution >= 0.6 is 0 Å². The average Bonchev–Trinajstić information content (AvgIpc) is 2.38. The number of β-amino-alcohol motifs (C(OH)–C–C–N with tert-alkyl or cyclic N) is 1. The van der Waals surface area contributed by atoms with Gasteiger partial charge in [-0.05, 0) is 26.0 Å². The van der Waals surface area contributed by atoms with Gasteiger partial charge in [0.15, 0.2) is 5.78 Å². The van der Waals surface area contributed by atoms with E-state index in [-0.39, 0.29) is 17.5 Å². The van der Waals surface area contributed by atoms with Gasteiger partial charge in [0.05, 0.1) is 17.4 Å². The van der Waals surface area contributed by atoms with Gasteiger partial charge >= 0.3 is 0 Å². The van der Waals surface area contributed by atoms with Crippen LogP contribution in [0, 0.1) is 5.82 Å². The lowest BCUT2D eigenvalue weighted by atomic mass is 10.1. The highest BCUT2D eigenvalue weighted by Crippen LogP contribution is 2.25. The van der Waals surface area contributed by atoms with Crippen LogP contribution in [0.1, 0.15) is 24.2 Å². The second-order valence-corrected chi connectivity index (χ2v) is 5.33. The SMILES string of the molecule is CC(=O)c1c(F)cccc1N1CCN(C[C@@H](C)O)CC1. The van der Waals surface area contributed by atoms with Gasteiger partial charge in [-0.3, -0.25) is 9.69 Å². The van der Waals surface area contributed by atoms with E-state index in [4.69, 9.17) is 0 Å². The first-order valence-corrected chi connectivity index (χ1v) is 6.94. The predicted molar refractivity (Wildman–Crippen MR) is 76.7 cm³/mol. The van der Waals surface area contributed by atoms with Crippen LogP contribution in [0.15, 0.2) is 18.2 Å². The van der Waals surface area contributed by atoms with Crippen LogP contribution in [-0.4, -0.2) is 54.6 Å². The molecule has 2 rings (SSSR count). The molecular formula is C15H21FN2O2. The van der Waals surface area contributed by atoms with Crippen LogP contribution in [0.25, 0.3) is 0 Å². The maximum absolute atomic E-state index is 13.8. The number of anilines is 1. The molecule has 110 valence electrons. The Morgan fingerprint density at radius 3 is 2.55 bits per heavy atom. The number of Topliss-reactive ketones (excluding diaryl/α,β-unsaturated/α-hetero) is 1. The summed E-state index contributed by atoms with van der Waals surface area (Å²) in [4.78, 5) is 15.8. The molecule has 0 aromatic heterocycles.